The molecule has 5 nitrogen and oxygen atoms in total. The Bertz CT molecular complexity index is 845. The van der Waals surface area contributed by atoms with E-state index < -0.39 is 0 Å². The smallest absolute Gasteiger partial charge is 0.194 e. The van der Waals surface area contributed by atoms with Crippen molar-refractivity contribution in [1.29, 1.82) is 0 Å². The van der Waals surface area contributed by atoms with Crippen molar-refractivity contribution < 1.29 is 4.74 Å². The molecule has 0 aliphatic rings. The molecule has 116 valence electrons. The Kier molecular flexibility index (Phi) is 4.38. The molecule has 0 unspecified atom stereocenters. The number of nitrogens with two attached hydrogens (primary N) is 1. The molecule has 0 atom stereocenters. The van der Waals surface area contributed by atoms with Crippen molar-refractivity contribution in [1.82, 2.24) is 4.98 Å². The zero-order valence-corrected chi connectivity index (χ0v) is 12.9. The number of methoxy groups -OCH3 is 1. The number of nitrogens with one attached hydrogen (secondary N) is 1. The molecule has 0 saturated heterocycles. The van der Waals surface area contributed by atoms with Gasteiger partial charge in [-0.3, -0.25) is 0 Å². The molecule has 3 N–H and O–H groups in total. The summed E-state index contributed by atoms with van der Waals surface area (Å²) in [5.41, 5.74) is 7.84. The number of nitrogens with zero attached hydrogens (tertiary/aromatic N) is 2. The van der Waals surface area contributed by atoms with Gasteiger partial charge in [0.1, 0.15) is 11.6 Å². The molecule has 2 aromatic carbocycles. The topological polar surface area (TPSA) is 72.5 Å². The number of fused-ring (bicyclic) bond motifs is 1. The van der Waals surface area contributed by atoms with E-state index >= 15 is 0 Å². The molecule has 0 aliphatic heterocycles. The average Bonchev–Trinajstić information content (AvgIpc) is 2.60. The second-order valence-electron chi connectivity index (χ2n) is 5.03. The highest BCUT2D eigenvalue weighted by atomic mass is 16.5. The summed E-state index contributed by atoms with van der Waals surface area (Å²) >= 11 is 0. The number of aromatic nitrogens is 1. The first kappa shape index (κ1) is 14.8. The molecule has 0 fully saturated rings. The van der Waals surface area contributed by atoms with Crippen molar-refractivity contribution in [3.8, 4) is 5.75 Å². The lowest BCUT2D eigenvalue weighted by Gasteiger charge is -2.08. The zero-order chi connectivity index (χ0) is 16.1. The van der Waals surface area contributed by atoms with E-state index in [1.165, 1.54) is 0 Å². The molecule has 0 saturated carbocycles. The minimum Gasteiger partial charge on any atom is -0.496 e. The summed E-state index contributed by atoms with van der Waals surface area (Å²) in [5.74, 6) is 1.79. The number of pyridine rings is 1. The van der Waals surface area contributed by atoms with Gasteiger partial charge in [-0.25, -0.2) is 9.98 Å². The molecule has 5 heteroatoms. The Hall–Kier alpha value is -3.08. The van der Waals surface area contributed by atoms with Crippen LogP contribution in [0.25, 0.3) is 10.9 Å². The second kappa shape index (κ2) is 6.79. The number of ether oxygens (including phenoxy) is 1. The van der Waals surface area contributed by atoms with Gasteiger partial charge in [-0.05, 0) is 24.3 Å². The van der Waals surface area contributed by atoms with E-state index in [4.69, 9.17) is 10.5 Å². The lowest BCUT2D eigenvalue weighted by Crippen LogP contribution is -2.23. The summed E-state index contributed by atoms with van der Waals surface area (Å²) in [6.07, 6.45) is 0. The fraction of sp³-hybridized carbons (Fsp3) is 0.111. The Balaban J connectivity index is 1.73. The van der Waals surface area contributed by atoms with Crippen molar-refractivity contribution in [2.24, 2.45) is 10.7 Å². The first-order valence-electron chi connectivity index (χ1n) is 7.31. The summed E-state index contributed by atoms with van der Waals surface area (Å²) in [6, 6.07) is 19.5. The highest BCUT2D eigenvalue weighted by Crippen LogP contribution is 2.18. The van der Waals surface area contributed by atoms with Gasteiger partial charge >= 0.3 is 0 Å². The quantitative estimate of drug-likeness (QED) is 0.573. The van der Waals surface area contributed by atoms with Crippen LogP contribution in [0.2, 0.25) is 0 Å². The van der Waals surface area contributed by atoms with Crippen LogP contribution in [0, 0.1) is 0 Å². The van der Waals surface area contributed by atoms with E-state index in [2.05, 4.69) is 15.3 Å². The van der Waals surface area contributed by atoms with Crippen LogP contribution in [0.15, 0.2) is 65.7 Å². The lowest BCUT2D eigenvalue weighted by molar-refractivity contribution is 0.410. The highest BCUT2D eigenvalue weighted by Gasteiger charge is 2.02. The predicted molar refractivity (Wildman–Crippen MR) is 93.7 cm³/mol. The van der Waals surface area contributed by atoms with Crippen LogP contribution in [-0.2, 0) is 6.54 Å². The third kappa shape index (κ3) is 3.58. The molecule has 0 spiro atoms. The van der Waals surface area contributed by atoms with Gasteiger partial charge in [0.2, 0.25) is 0 Å². The van der Waals surface area contributed by atoms with Gasteiger partial charge < -0.3 is 15.8 Å². The molecule has 23 heavy (non-hydrogen) atoms. The van der Waals surface area contributed by atoms with Gasteiger partial charge in [0.05, 0.1) is 19.2 Å². The number of para-hydroxylation sites is 2. The van der Waals surface area contributed by atoms with Gasteiger partial charge in [-0.2, -0.15) is 0 Å². The van der Waals surface area contributed by atoms with Gasteiger partial charge in [0.15, 0.2) is 5.96 Å². The zero-order valence-electron chi connectivity index (χ0n) is 12.9. The maximum absolute atomic E-state index is 5.95. The Labute approximate surface area is 134 Å². The molecule has 1 aromatic heterocycles. The van der Waals surface area contributed by atoms with E-state index in [1.54, 1.807) is 7.11 Å². The van der Waals surface area contributed by atoms with E-state index in [0.717, 1.165) is 22.2 Å². The third-order valence-corrected chi connectivity index (χ3v) is 3.47. The van der Waals surface area contributed by atoms with Gasteiger partial charge in [-0.1, -0.05) is 36.4 Å². The van der Waals surface area contributed by atoms with Crippen LogP contribution in [0.5, 0.6) is 5.75 Å². The van der Waals surface area contributed by atoms with Gasteiger partial charge in [0, 0.05) is 10.9 Å². The number of rotatable bonds is 4. The summed E-state index contributed by atoms with van der Waals surface area (Å²) in [5, 5.41) is 4.10. The van der Waals surface area contributed by atoms with Crippen LogP contribution in [0.3, 0.4) is 0 Å². The Morgan fingerprint density at radius 3 is 2.74 bits per heavy atom. The molecule has 0 amide bonds. The first-order chi connectivity index (χ1) is 11.3. The Morgan fingerprint density at radius 2 is 1.87 bits per heavy atom. The number of benzene rings is 2. The van der Waals surface area contributed by atoms with Gasteiger partial charge in [0.25, 0.3) is 0 Å². The maximum atomic E-state index is 5.95. The molecule has 0 radical (unpaired) electrons. The fourth-order valence-electron chi connectivity index (χ4n) is 2.31. The third-order valence-electron chi connectivity index (χ3n) is 3.47. The van der Waals surface area contributed by atoms with Crippen molar-refractivity contribution in [3.05, 3.63) is 66.2 Å². The fourth-order valence-corrected chi connectivity index (χ4v) is 2.31. The highest BCUT2D eigenvalue weighted by molar-refractivity contribution is 5.92. The van der Waals surface area contributed by atoms with Crippen molar-refractivity contribution in [2.75, 3.05) is 12.4 Å². The molecular weight excluding hydrogens is 288 g/mol. The molecule has 0 bridgehead atoms. The molecule has 3 aromatic rings. The molecule has 3 rings (SSSR count). The summed E-state index contributed by atoms with van der Waals surface area (Å²) in [6.45, 7) is 0.441. The number of aliphatic imine (C=N–C) groups is 1. The summed E-state index contributed by atoms with van der Waals surface area (Å²) in [4.78, 5) is 8.85. The number of hydrogen-bond donors (Lipinski definition) is 2. The summed E-state index contributed by atoms with van der Waals surface area (Å²) in [7, 11) is 1.64. The second-order valence-corrected chi connectivity index (χ2v) is 5.03. The largest absolute Gasteiger partial charge is 0.496 e. The van der Waals surface area contributed by atoms with Crippen LogP contribution in [-0.4, -0.2) is 18.1 Å². The monoisotopic (exact) mass is 306 g/mol. The van der Waals surface area contributed by atoms with Crippen molar-refractivity contribution in [2.45, 2.75) is 6.54 Å². The number of guanidine groups is 1. The van der Waals surface area contributed by atoms with E-state index in [0.29, 0.717) is 18.3 Å². The minimum atomic E-state index is 0.318. The van der Waals surface area contributed by atoms with Crippen LogP contribution < -0.4 is 15.8 Å². The molecular formula is C18H18N4O. The summed E-state index contributed by atoms with van der Waals surface area (Å²) < 4.78 is 5.30. The standard InChI is InChI=1S/C18H18N4O/c1-23-16-9-5-3-7-14(16)12-20-18(19)22-17-11-10-13-6-2-4-8-15(13)21-17/h2-11H,12H2,1H3,(H3,19,20,21,22). The van der Waals surface area contributed by atoms with E-state index in [9.17, 15) is 0 Å². The van der Waals surface area contributed by atoms with Gasteiger partial charge in [-0.15, -0.1) is 0 Å². The van der Waals surface area contributed by atoms with Crippen LogP contribution >= 0.6 is 0 Å². The minimum absolute atomic E-state index is 0.318. The normalized spacial score (nSPS) is 11.4. The SMILES string of the molecule is COc1ccccc1CN=C(N)Nc1ccc2ccccc2n1. The van der Waals surface area contributed by atoms with Crippen molar-refractivity contribution in [3.63, 3.8) is 0 Å². The van der Waals surface area contributed by atoms with E-state index in [-0.39, 0.29) is 0 Å². The molecule has 0 aliphatic carbocycles. The van der Waals surface area contributed by atoms with E-state index in [1.807, 2.05) is 60.7 Å². The maximum Gasteiger partial charge on any atom is 0.194 e. The van der Waals surface area contributed by atoms with Crippen LogP contribution in [0.1, 0.15) is 5.56 Å². The lowest BCUT2D eigenvalue weighted by atomic mass is 10.2. The predicted octanol–water partition coefficient (Wildman–Crippen LogP) is 3.17. The molecule has 1 heterocycles. The average molecular weight is 306 g/mol. The number of anilines is 1. The number of hydrogen-bond acceptors (Lipinski definition) is 3. The Morgan fingerprint density at radius 1 is 1.09 bits per heavy atom. The first-order valence-corrected chi connectivity index (χ1v) is 7.31. The van der Waals surface area contributed by atoms with Crippen molar-refractivity contribution >= 4 is 22.7 Å². The van der Waals surface area contributed by atoms with Crippen LogP contribution in [0.4, 0.5) is 5.82 Å².